The number of thioether (sulfide) groups is 1. The molecule has 1 saturated heterocycles. The summed E-state index contributed by atoms with van der Waals surface area (Å²) in [6.07, 6.45) is 2.64. The Morgan fingerprint density at radius 3 is 2.88 bits per heavy atom. The number of hydrogen-bond donors (Lipinski definition) is 0. The summed E-state index contributed by atoms with van der Waals surface area (Å²) in [5.41, 5.74) is 2.00. The molecule has 1 aliphatic heterocycles. The summed E-state index contributed by atoms with van der Waals surface area (Å²) in [5, 5.41) is 0.642. The van der Waals surface area contributed by atoms with E-state index in [-0.39, 0.29) is 11.8 Å². The zero-order valence-corrected chi connectivity index (χ0v) is 16.1. The first kappa shape index (κ1) is 18.5. The maximum Gasteiger partial charge on any atom is 0.233 e. The molecule has 0 radical (unpaired) electrons. The Kier molecular flexibility index (Phi) is 5.98. The number of likely N-dealkylation sites (tertiary alicyclic amines) is 1. The first-order valence-electron chi connectivity index (χ1n) is 8.53. The number of benzene rings is 1. The number of amides is 1. The number of hydrogen-bond acceptors (Lipinski definition) is 6. The zero-order chi connectivity index (χ0) is 18.5. The Balaban J connectivity index is 1.62. The summed E-state index contributed by atoms with van der Waals surface area (Å²) >= 11 is 1.38. The Labute approximate surface area is 157 Å². The molecule has 1 aliphatic rings. The number of carbonyl (C=O) groups is 1. The van der Waals surface area contributed by atoms with Crippen LogP contribution in [0.1, 0.15) is 23.6 Å². The van der Waals surface area contributed by atoms with Crippen molar-refractivity contribution in [2.75, 3.05) is 33.1 Å². The number of ether oxygens (including phenoxy) is 2. The van der Waals surface area contributed by atoms with Crippen LogP contribution in [0.15, 0.2) is 35.6 Å². The minimum Gasteiger partial charge on any atom is -0.493 e. The van der Waals surface area contributed by atoms with E-state index in [0.29, 0.717) is 17.5 Å². The summed E-state index contributed by atoms with van der Waals surface area (Å²) in [6, 6.07) is 7.75. The van der Waals surface area contributed by atoms with E-state index in [0.717, 1.165) is 35.7 Å². The highest BCUT2D eigenvalue weighted by molar-refractivity contribution is 7.99. The van der Waals surface area contributed by atoms with Gasteiger partial charge in [-0.1, -0.05) is 23.9 Å². The highest BCUT2D eigenvalue weighted by atomic mass is 32.2. The van der Waals surface area contributed by atoms with Crippen LogP contribution >= 0.6 is 11.8 Å². The summed E-state index contributed by atoms with van der Waals surface area (Å²) in [5.74, 6) is 2.21. The minimum absolute atomic E-state index is 0.115. The normalized spacial score (nSPS) is 16.6. The molecule has 1 aromatic carbocycles. The van der Waals surface area contributed by atoms with Crippen LogP contribution in [0.5, 0.6) is 11.5 Å². The largest absolute Gasteiger partial charge is 0.493 e. The van der Waals surface area contributed by atoms with E-state index in [1.54, 1.807) is 20.4 Å². The molecule has 0 aliphatic carbocycles. The number of methoxy groups -OCH3 is 2. The Morgan fingerprint density at radius 1 is 1.31 bits per heavy atom. The van der Waals surface area contributed by atoms with Gasteiger partial charge in [0.1, 0.15) is 0 Å². The number of nitrogens with zero attached hydrogens (tertiary/aromatic N) is 3. The molecule has 2 aromatic rings. The highest BCUT2D eigenvalue weighted by Crippen LogP contribution is 2.39. The van der Waals surface area contributed by atoms with Crippen molar-refractivity contribution in [3.05, 3.63) is 41.7 Å². The lowest BCUT2D eigenvalue weighted by Crippen LogP contribution is -2.30. The third-order valence-electron chi connectivity index (χ3n) is 4.51. The monoisotopic (exact) mass is 373 g/mol. The average Bonchev–Trinajstić information content (AvgIpc) is 3.15. The van der Waals surface area contributed by atoms with E-state index in [2.05, 4.69) is 16.0 Å². The lowest BCUT2D eigenvalue weighted by Gasteiger charge is -2.19. The van der Waals surface area contributed by atoms with E-state index in [1.807, 2.05) is 30.0 Å². The van der Waals surface area contributed by atoms with Crippen molar-refractivity contribution in [2.24, 2.45) is 0 Å². The molecule has 138 valence electrons. The van der Waals surface area contributed by atoms with Crippen molar-refractivity contribution in [3.63, 3.8) is 0 Å². The SMILES string of the molecule is COc1cccc(C2CCN(C(=O)CSc3nccc(C)n3)C2)c1OC. The van der Waals surface area contributed by atoms with Gasteiger partial charge in [0, 0.05) is 36.5 Å². The third-order valence-corrected chi connectivity index (χ3v) is 5.36. The summed E-state index contributed by atoms with van der Waals surface area (Å²) in [4.78, 5) is 23.0. The maximum atomic E-state index is 12.6. The van der Waals surface area contributed by atoms with Crippen LogP contribution in [-0.4, -0.2) is 53.8 Å². The van der Waals surface area contributed by atoms with Crippen LogP contribution in [-0.2, 0) is 4.79 Å². The van der Waals surface area contributed by atoms with E-state index in [1.165, 1.54) is 11.8 Å². The molecule has 0 N–H and O–H groups in total. The molecule has 26 heavy (non-hydrogen) atoms. The topological polar surface area (TPSA) is 64.5 Å². The van der Waals surface area contributed by atoms with E-state index >= 15 is 0 Å². The van der Waals surface area contributed by atoms with Crippen molar-refractivity contribution in [1.82, 2.24) is 14.9 Å². The van der Waals surface area contributed by atoms with Gasteiger partial charge in [-0.25, -0.2) is 9.97 Å². The fourth-order valence-corrected chi connectivity index (χ4v) is 3.97. The lowest BCUT2D eigenvalue weighted by atomic mass is 9.97. The molecule has 6 nitrogen and oxygen atoms in total. The van der Waals surface area contributed by atoms with Crippen molar-refractivity contribution in [1.29, 1.82) is 0 Å². The van der Waals surface area contributed by atoms with Crippen LogP contribution in [0.25, 0.3) is 0 Å². The molecule has 0 saturated carbocycles. The molecule has 3 rings (SSSR count). The van der Waals surface area contributed by atoms with Gasteiger partial charge in [-0.15, -0.1) is 0 Å². The minimum atomic E-state index is 0.115. The number of aromatic nitrogens is 2. The molecule has 0 spiro atoms. The zero-order valence-electron chi connectivity index (χ0n) is 15.3. The van der Waals surface area contributed by atoms with Crippen LogP contribution in [0, 0.1) is 6.92 Å². The van der Waals surface area contributed by atoms with Gasteiger partial charge in [-0.05, 0) is 25.5 Å². The smallest absolute Gasteiger partial charge is 0.233 e. The third kappa shape index (κ3) is 4.09. The predicted octanol–water partition coefficient (Wildman–Crippen LogP) is 2.91. The average molecular weight is 373 g/mol. The molecule has 0 bridgehead atoms. The highest BCUT2D eigenvalue weighted by Gasteiger charge is 2.30. The summed E-state index contributed by atoms with van der Waals surface area (Å²) in [7, 11) is 3.29. The standard InChI is InChI=1S/C19H23N3O3S/c1-13-7-9-20-19(21-13)26-12-17(23)22-10-8-14(11-22)15-5-4-6-16(24-2)18(15)25-3/h4-7,9,14H,8,10-12H2,1-3H3. The van der Waals surface area contributed by atoms with Gasteiger partial charge in [-0.3, -0.25) is 4.79 Å². The van der Waals surface area contributed by atoms with Crippen molar-refractivity contribution in [2.45, 2.75) is 24.4 Å². The molecule has 2 heterocycles. The predicted molar refractivity (Wildman–Crippen MR) is 101 cm³/mol. The van der Waals surface area contributed by atoms with Gasteiger partial charge in [0.15, 0.2) is 16.7 Å². The van der Waals surface area contributed by atoms with E-state index in [9.17, 15) is 4.79 Å². The van der Waals surface area contributed by atoms with Crippen molar-refractivity contribution < 1.29 is 14.3 Å². The number of carbonyl (C=O) groups excluding carboxylic acids is 1. The van der Waals surface area contributed by atoms with Crippen LogP contribution in [0.2, 0.25) is 0 Å². The second-order valence-electron chi connectivity index (χ2n) is 6.18. The Hall–Kier alpha value is -2.28. The molecular weight excluding hydrogens is 350 g/mol. The second kappa shape index (κ2) is 8.40. The molecule has 1 unspecified atom stereocenters. The Morgan fingerprint density at radius 2 is 2.15 bits per heavy atom. The molecule has 1 aromatic heterocycles. The number of rotatable bonds is 6. The van der Waals surface area contributed by atoms with Crippen LogP contribution in [0.4, 0.5) is 0 Å². The van der Waals surface area contributed by atoms with Gasteiger partial charge in [0.2, 0.25) is 5.91 Å². The van der Waals surface area contributed by atoms with Crippen molar-refractivity contribution in [3.8, 4) is 11.5 Å². The summed E-state index contributed by atoms with van der Waals surface area (Å²) in [6.45, 7) is 3.36. The van der Waals surface area contributed by atoms with E-state index < -0.39 is 0 Å². The molecule has 1 fully saturated rings. The summed E-state index contributed by atoms with van der Waals surface area (Å²) < 4.78 is 10.9. The second-order valence-corrected chi connectivity index (χ2v) is 7.12. The van der Waals surface area contributed by atoms with Gasteiger partial charge in [-0.2, -0.15) is 0 Å². The van der Waals surface area contributed by atoms with Crippen molar-refractivity contribution >= 4 is 17.7 Å². The molecule has 1 amide bonds. The maximum absolute atomic E-state index is 12.6. The lowest BCUT2D eigenvalue weighted by molar-refractivity contribution is -0.127. The first-order valence-corrected chi connectivity index (χ1v) is 9.52. The number of aryl methyl sites for hydroxylation is 1. The van der Waals surface area contributed by atoms with Crippen LogP contribution < -0.4 is 9.47 Å². The molecule has 7 heteroatoms. The number of para-hydroxylation sites is 1. The van der Waals surface area contributed by atoms with Gasteiger partial charge >= 0.3 is 0 Å². The first-order chi connectivity index (χ1) is 12.6. The fraction of sp³-hybridized carbons (Fsp3) is 0.421. The van der Waals surface area contributed by atoms with E-state index in [4.69, 9.17) is 9.47 Å². The van der Waals surface area contributed by atoms with Gasteiger partial charge < -0.3 is 14.4 Å². The molecule has 1 atom stereocenters. The fourth-order valence-electron chi connectivity index (χ4n) is 3.19. The van der Waals surface area contributed by atoms with Gasteiger partial charge in [0.25, 0.3) is 0 Å². The molecular formula is C19H23N3O3S. The quantitative estimate of drug-likeness (QED) is 0.573. The van der Waals surface area contributed by atoms with Gasteiger partial charge in [0.05, 0.1) is 20.0 Å². The Bertz CT molecular complexity index is 784. The van der Waals surface area contributed by atoms with Crippen LogP contribution in [0.3, 0.4) is 0 Å².